The molecule has 0 fully saturated rings. The van der Waals surface area contributed by atoms with Crippen molar-refractivity contribution in [3.8, 4) is 5.82 Å². The minimum absolute atomic E-state index is 0.191. The molecule has 4 N–H and O–H groups in total. The normalized spacial score (nSPS) is 13.9. The van der Waals surface area contributed by atoms with Crippen molar-refractivity contribution in [2.75, 3.05) is 5.73 Å². The number of hydrogen-bond acceptors (Lipinski definition) is 6. The number of nitrogens with two attached hydrogens (primary N) is 1. The van der Waals surface area contributed by atoms with E-state index in [0.29, 0.717) is 11.4 Å². The van der Waals surface area contributed by atoms with Crippen LogP contribution in [0.4, 0.5) is 5.95 Å². The number of nitrogens with zero attached hydrogens (tertiary/aromatic N) is 5. The number of nitrogen functional groups attached to an aromatic ring is 1. The number of aliphatic hydroxyl groups is 1. The van der Waals surface area contributed by atoms with Crippen LogP contribution in [0.1, 0.15) is 18.1 Å². The number of hydrogen-bond donors (Lipinski definition) is 3. The van der Waals surface area contributed by atoms with Gasteiger partial charge in [-0.3, -0.25) is 9.67 Å². The summed E-state index contributed by atoms with van der Waals surface area (Å²) in [5.41, 5.74) is 7.49. The van der Waals surface area contributed by atoms with Gasteiger partial charge in [0.15, 0.2) is 0 Å². The van der Waals surface area contributed by atoms with Crippen molar-refractivity contribution in [3.05, 3.63) is 60.3 Å². The lowest BCUT2D eigenvalue weighted by atomic mass is 9.90. The summed E-state index contributed by atoms with van der Waals surface area (Å²) in [5.74, 6) is 0.806. The number of benzene rings is 1. The van der Waals surface area contributed by atoms with Gasteiger partial charge in [0.2, 0.25) is 5.95 Å². The Kier molecular flexibility index (Phi) is 3.07. The van der Waals surface area contributed by atoms with E-state index in [1.54, 1.807) is 37.9 Å². The van der Waals surface area contributed by atoms with E-state index in [1.807, 2.05) is 22.8 Å². The lowest BCUT2D eigenvalue weighted by molar-refractivity contribution is 0.102. The van der Waals surface area contributed by atoms with Crippen molar-refractivity contribution in [2.45, 2.75) is 12.5 Å². The van der Waals surface area contributed by atoms with Gasteiger partial charge in [-0.1, -0.05) is 6.07 Å². The summed E-state index contributed by atoms with van der Waals surface area (Å²) < 4.78 is 1.81. The van der Waals surface area contributed by atoms with Gasteiger partial charge in [0.25, 0.3) is 0 Å². The zero-order chi connectivity index (χ0) is 16.7. The molecule has 0 spiro atoms. The average molecular weight is 321 g/mol. The highest BCUT2D eigenvalue weighted by atomic mass is 16.3. The van der Waals surface area contributed by atoms with E-state index in [4.69, 9.17) is 5.73 Å². The maximum atomic E-state index is 10.9. The summed E-state index contributed by atoms with van der Waals surface area (Å²) >= 11 is 0. The molecule has 0 amide bonds. The first-order valence-electron chi connectivity index (χ1n) is 7.34. The molecule has 0 bridgehead atoms. The second-order valence-electron chi connectivity index (χ2n) is 5.65. The third kappa shape index (κ3) is 2.20. The summed E-state index contributed by atoms with van der Waals surface area (Å²) in [4.78, 5) is 12.5. The molecule has 8 heteroatoms. The van der Waals surface area contributed by atoms with Gasteiger partial charge in [-0.15, -0.1) is 0 Å². The minimum Gasteiger partial charge on any atom is -0.381 e. The summed E-state index contributed by atoms with van der Waals surface area (Å²) in [5, 5.41) is 17.5. The monoisotopic (exact) mass is 321 g/mol. The molecule has 0 aliphatic heterocycles. The van der Waals surface area contributed by atoms with Gasteiger partial charge >= 0.3 is 0 Å². The highest BCUT2D eigenvalue weighted by molar-refractivity contribution is 5.78. The predicted molar refractivity (Wildman–Crippen MR) is 88.3 cm³/mol. The number of anilines is 1. The van der Waals surface area contributed by atoms with Crippen LogP contribution in [0.5, 0.6) is 0 Å². The van der Waals surface area contributed by atoms with E-state index in [1.165, 1.54) is 0 Å². The molecule has 0 saturated carbocycles. The van der Waals surface area contributed by atoms with E-state index in [-0.39, 0.29) is 5.95 Å². The fraction of sp³-hybridized carbons (Fsp3) is 0.125. The lowest BCUT2D eigenvalue weighted by Gasteiger charge is -2.22. The van der Waals surface area contributed by atoms with Crippen molar-refractivity contribution in [3.63, 3.8) is 0 Å². The Bertz CT molecular complexity index is 1000. The molecule has 0 saturated heterocycles. The molecule has 4 rings (SSSR count). The number of aromatic nitrogens is 6. The molecule has 3 heterocycles. The van der Waals surface area contributed by atoms with E-state index in [0.717, 1.165) is 16.6 Å². The van der Waals surface area contributed by atoms with E-state index < -0.39 is 5.60 Å². The van der Waals surface area contributed by atoms with Crippen LogP contribution in [0, 0.1) is 0 Å². The summed E-state index contributed by atoms with van der Waals surface area (Å²) in [6.45, 7) is 1.72. The number of aromatic amines is 1. The van der Waals surface area contributed by atoms with Crippen LogP contribution in [0.3, 0.4) is 0 Å². The van der Waals surface area contributed by atoms with Gasteiger partial charge in [0, 0.05) is 18.0 Å². The van der Waals surface area contributed by atoms with Crippen molar-refractivity contribution in [2.24, 2.45) is 0 Å². The molecular formula is C16H15N7O. The van der Waals surface area contributed by atoms with Crippen LogP contribution in [0.2, 0.25) is 0 Å². The summed E-state index contributed by atoms with van der Waals surface area (Å²) in [6.07, 6.45) is 6.54. The van der Waals surface area contributed by atoms with Gasteiger partial charge in [0.05, 0.1) is 17.2 Å². The second-order valence-corrected chi connectivity index (χ2v) is 5.65. The highest BCUT2D eigenvalue weighted by Crippen LogP contribution is 2.30. The molecule has 1 unspecified atom stereocenters. The lowest BCUT2D eigenvalue weighted by Crippen LogP contribution is -2.22. The van der Waals surface area contributed by atoms with Crippen LogP contribution in [0.25, 0.3) is 16.9 Å². The summed E-state index contributed by atoms with van der Waals surface area (Å²) in [7, 11) is 0. The van der Waals surface area contributed by atoms with Crippen LogP contribution in [-0.2, 0) is 5.60 Å². The molecule has 24 heavy (non-hydrogen) atoms. The molecule has 0 aliphatic rings. The average Bonchev–Trinajstić information content (AvgIpc) is 3.24. The molecule has 1 aromatic carbocycles. The zero-order valence-corrected chi connectivity index (χ0v) is 12.9. The molecule has 1 atom stereocenters. The van der Waals surface area contributed by atoms with Crippen LogP contribution >= 0.6 is 0 Å². The molecular weight excluding hydrogens is 306 g/mol. The van der Waals surface area contributed by atoms with Crippen molar-refractivity contribution >= 4 is 17.0 Å². The van der Waals surface area contributed by atoms with E-state index >= 15 is 0 Å². The standard InChI is InChI=1S/C16H15N7O/c1-16(24,11-7-20-21-8-11)10-2-3-12-13(6-10)23(9-19-12)14-4-5-18-15(17)22-14/h2-9,24H,1H3,(H,20,21)(H2,17,18,22). The molecule has 0 radical (unpaired) electrons. The smallest absolute Gasteiger partial charge is 0.221 e. The van der Waals surface area contributed by atoms with Crippen molar-refractivity contribution in [1.82, 2.24) is 29.7 Å². The zero-order valence-electron chi connectivity index (χ0n) is 12.9. The molecule has 4 aromatic rings. The van der Waals surface area contributed by atoms with Gasteiger partial charge in [-0.05, 0) is 30.7 Å². The highest BCUT2D eigenvalue weighted by Gasteiger charge is 2.27. The van der Waals surface area contributed by atoms with Crippen molar-refractivity contribution < 1.29 is 5.11 Å². The van der Waals surface area contributed by atoms with Crippen LogP contribution in [0.15, 0.2) is 49.2 Å². The summed E-state index contributed by atoms with van der Waals surface area (Å²) in [6, 6.07) is 7.34. The first kappa shape index (κ1) is 14.3. The molecule has 0 aliphatic carbocycles. The van der Waals surface area contributed by atoms with Gasteiger partial charge < -0.3 is 10.8 Å². The first-order valence-corrected chi connectivity index (χ1v) is 7.34. The number of rotatable bonds is 3. The quantitative estimate of drug-likeness (QED) is 0.524. The number of fused-ring (bicyclic) bond motifs is 1. The Morgan fingerprint density at radius 3 is 2.83 bits per heavy atom. The fourth-order valence-corrected chi connectivity index (χ4v) is 2.67. The second kappa shape index (κ2) is 5.14. The van der Waals surface area contributed by atoms with Crippen molar-refractivity contribution in [1.29, 1.82) is 0 Å². The Morgan fingerprint density at radius 1 is 1.21 bits per heavy atom. The Balaban J connectivity index is 1.88. The maximum absolute atomic E-state index is 10.9. The molecule has 120 valence electrons. The third-order valence-electron chi connectivity index (χ3n) is 4.08. The van der Waals surface area contributed by atoms with Gasteiger partial charge in [-0.25, -0.2) is 9.97 Å². The SMILES string of the molecule is CC(O)(c1cn[nH]c1)c1ccc2ncn(-c3ccnc(N)n3)c2c1. The fourth-order valence-electron chi connectivity index (χ4n) is 2.67. The maximum Gasteiger partial charge on any atom is 0.221 e. The number of H-pyrrole nitrogens is 1. The third-order valence-corrected chi connectivity index (χ3v) is 4.08. The van der Waals surface area contributed by atoms with E-state index in [9.17, 15) is 5.11 Å². The minimum atomic E-state index is -1.18. The predicted octanol–water partition coefficient (Wildman–Crippen LogP) is 1.38. The molecule has 3 aromatic heterocycles. The van der Waals surface area contributed by atoms with E-state index in [2.05, 4.69) is 25.1 Å². The van der Waals surface area contributed by atoms with Gasteiger partial charge in [-0.2, -0.15) is 10.1 Å². The van der Waals surface area contributed by atoms with Crippen LogP contribution < -0.4 is 5.73 Å². The Labute approximate surface area is 137 Å². The number of imidazole rings is 1. The van der Waals surface area contributed by atoms with Gasteiger partial charge in [0.1, 0.15) is 17.7 Å². The Hall–Kier alpha value is -3.26. The topological polar surface area (TPSA) is 119 Å². The first-order chi connectivity index (χ1) is 11.6. The molecule has 8 nitrogen and oxygen atoms in total. The Morgan fingerprint density at radius 2 is 2.08 bits per heavy atom. The van der Waals surface area contributed by atoms with Crippen LogP contribution in [-0.4, -0.2) is 34.8 Å². The largest absolute Gasteiger partial charge is 0.381 e. The number of nitrogens with one attached hydrogen (secondary N) is 1.